The van der Waals surface area contributed by atoms with Crippen LogP contribution in [0.25, 0.3) is 0 Å². The molecule has 0 bridgehead atoms. The van der Waals surface area contributed by atoms with Crippen molar-refractivity contribution in [2.45, 2.75) is 52.6 Å². The molecule has 1 fully saturated rings. The molecule has 1 heterocycles. The number of carbonyl (C=O) groups is 3. The number of hydrogen-bond donors (Lipinski definition) is 3. The summed E-state index contributed by atoms with van der Waals surface area (Å²) in [5.74, 6) is -0.128. The first kappa shape index (κ1) is 19.8. The van der Waals surface area contributed by atoms with Gasteiger partial charge in [-0.05, 0) is 37.5 Å². The number of urea groups is 1. The van der Waals surface area contributed by atoms with Crippen LogP contribution in [0.4, 0.5) is 10.5 Å². The maximum absolute atomic E-state index is 12.7. The molecule has 1 aromatic carbocycles. The molecule has 4 N–H and O–H groups in total. The lowest BCUT2D eigenvalue weighted by molar-refractivity contribution is -0.144. The van der Waals surface area contributed by atoms with Crippen LogP contribution >= 0.6 is 0 Å². The van der Waals surface area contributed by atoms with E-state index in [0.29, 0.717) is 18.7 Å². The summed E-state index contributed by atoms with van der Waals surface area (Å²) in [6.07, 6.45) is 1.52. The molecular formula is C19H28N4O3. The third kappa shape index (κ3) is 4.74. The van der Waals surface area contributed by atoms with Gasteiger partial charge in [0.2, 0.25) is 11.8 Å². The van der Waals surface area contributed by atoms with Crippen LogP contribution < -0.4 is 16.4 Å². The van der Waals surface area contributed by atoms with Crippen LogP contribution in [-0.2, 0) is 9.59 Å². The van der Waals surface area contributed by atoms with E-state index in [1.807, 2.05) is 39.8 Å². The molecule has 1 saturated heterocycles. The Bertz CT molecular complexity index is 679. The molecule has 7 nitrogen and oxygen atoms in total. The van der Waals surface area contributed by atoms with Gasteiger partial charge in [0.25, 0.3) is 0 Å². The normalized spacial score (nSPS) is 18.3. The molecular weight excluding hydrogens is 332 g/mol. The van der Waals surface area contributed by atoms with Gasteiger partial charge in [0.05, 0.1) is 6.04 Å². The second-order valence-corrected chi connectivity index (χ2v) is 7.75. The Kier molecular flexibility index (Phi) is 5.90. The van der Waals surface area contributed by atoms with Gasteiger partial charge in [-0.25, -0.2) is 4.79 Å². The van der Waals surface area contributed by atoms with Crippen molar-refractivity contribution in [1.82, 2.24) is 10.2 Å². The predicted octanol–water partition coefficient (Wildman–Crippen LogP) is 2.39. The maximum atomic E-state index is 12.7. The first-order valence-electron chi connectivity index (χ1n) is 8.87. The average Bonchev–Trinajstić information content (AvgIpc) is 3.02. The van der Waals surface area contributed by atoms with E-state index >= 15 is 0 Å². The van der Waals surface area contributed by atoms with Crippen LogP contribution in [0, 0.1) is 5.41 Å². The fourth-order valence-corrected chi connectivity index (χ4v) is 3.10. The van der Waals surface area contributed by atoms with E-state index in [4.69, 9.17) is 5.73 Å². The van der Waals surface area contributed by atoms with Crippen molar-refractivity contribution in [2.24, 2.45) is 11.1 Å². The molecule has 1 aliphatic rings. The number of anilines is 1. The summed E-state index contributed by atoms with van der Waals surface area (Å²) in [6, 6.07) is 5.86. The zero-order valence-electron chi connectivity index (χ0n) is 15.8. The zero-order chi connectivity index (χ0) is 19.5. The van der Waals surface area contributed by atoms with Crippen molar-refractivity contribution in [2.75, 3.05) is 11.9 Å². The number of amides is 4. The highest BCUT2D eigenvalue weighted by atomic mass is 16.2. The minimum atomic E-state index is -0.621. The zero-order valence-corrected chi connectivity index (χ0v) is 15.8. The summed E-state index contributed by atoms with van der Waals surface area (Å²) in [4.78, 5) is 37.8. The fraction of sp³-hybridized carbons (Fsp3) is 0.526. The van der Waals surface area contributed by atoms with Gasteiger partial charge in [-0.15, -0.1) is 0 Å². The van der Waals surface area contributed by atoms with Crippen LogP contribution in [0.3, 0.4) is 0 Å². The molecule has 1 aromatic rings. The lowest BCUT2D eigenvalue weighted by atomic mass is 9.94. The van der Waals surface area contributed by atoms with Crippen LogP contribution in [0.2, 0.25) is 0 Å². The van der Waals surface area contributed by atoms with Crippen LogP contribution in [0.5, 0.6) is 0 Å². The summed E-state index contributed by atoms with van der Waals surface area (Å²) < 4.78 is 0. The Balaban J connectivity index is 2.02. The van der Waals surface area contributed by atoms with Crippen molar-refractivity contribution < 1.29 is 14.4 Å². The van der Waals surface area contributed by atoms with E-state index in [2.05, 4.69) is 10.6 Å². The minimum Gasteiger partial charge on any atom is -0.351 e. The van der Waals surface area contributed by atoms with Crippen molar-refractivity contribution in [1.29, 1.82) is 0 Å². The van der Waals surface area contributed by atoms with E-state index < -0.39 is 17.5 Å². The first-order chi connectivity index (χ1) is 12.1. The Labute approximate surface area is 154 Å². The van der Waals surface area contributed by atoms with Gasteiger partial charge in [-0.1, -0.05) is 32.9 Å². The third-order valence-corrected chi connectivity index (χ3v) is 4.49. The van der Waals surface area contributed by atoms with Gasteiger partial charge in [-0.3, -0.25) is 9.59 Å². The predicted molar refractivity (Wildman–Crippen MR) is 100 cm³/mol. The van der Waals surface area contributed by atoms with Gasteiger partial charge >= 0.3 is 6.03 Å². The fourth-order valence-electron chi connectivity index (χ4n) is 3.10. The lowest BCUT2D eigenvalue weighted by Crippen LogP contribution is -2.49. The average molecular weight is 360 g/mol. The van der Waals surface area contributed by atoms with Crippen molar-refractivity contribution in [3.63, 3.8) is 0 Å². The van der Waals surface area contributed by atoms with E-state index in [-0.39, 0.29) is 17.9 Å². The molecule has 142 valence electrons. The van der Waals surface area contributed by atoms with Crippen molar-refractivity contribution in [3.8, 4) is 0 Å². The largest absolute Gasteiger partial charge is 0.351 e. The Morgan fingerprint density at radius 3 is 2.35 bits per heavy atom. The quantitative estimate of drug-likeness (QED) is 0.768. The topological polar surface area (TPSA) is 105 Å². The Hall–Kier alpha value is -2.57. The van der Waals surface area contributed by atoms with Gasteiger partial charge in [0.1, 0.15) is 6.04 Å². The van der Waals surface area contributed by atoms with Crippen molar-refractivity contribution in [3.05, 3.63) is 29.8 Å². The standard InChI is InChI=1S/C19H28N4O3/c1-12(13-7-9-14(10-8-13)22-18(20)26)21-16(24)15-6-5-11-23(15)17(25)19(2,3)4/h7-10,12,15H,5-6,11H2,1-4H3,(H,21,24)(H3,20,22,26). The number of primary amides is 1. The molecule has 0 aliphatic carbocycles. The van der Waals surface area contributed by atoms with Crippen molar-refractivity contribution >= 4 is 23.5 Å². The monoisotopic (exact) mass is 360 g/mol. The van der Waals surface area contributed by atoms with Gasteiger partial charge in [0, 0.05) is 17.6 Å². The molecule has 2 atom stereocenters. The van der Waals surface area contributed by atoms with Crippen LogP contribution in [0.15, 0.2) is 24.3 Å². The van der Waals surface area contributed by atoms with Crippen LogP contribution in [-0.4, -0.2) is 35.3 Å². The lowest BCUT2D eigenvalue weighted by Gasteiger charge is -2.31. The molecule has 0 radical (unpaired) electrons. The van der Waals surface area contributed by atoms with Gasteiger partial charge in [0.15, 0.2) is 0 Å². The highest BCUT2D eigenvalue weighted by molar-refractivity contribution is 5.90. The maximum Gasteiger partial charge on any atom is 0.316 e. The number of rotatable bonds is 4. The molecule has 1 aliphatic heterocycles. The number of nitrogens with two attached hydrogens (primary N) is 1. The molecule has 0 aromatic heterocycles. The molecule has 0 spiro atoms. The molecule has 2 rings (SSSR count). The second kappa shape index (κ2) is 7.76. The summed E-state index contributed by atoms with van der Waals surface area (Å²) in [5, 5.41) is 5.49. The summed E-state index contributed by atoms with van der Waals surface area (Å²) in [5.41, 5.74) is 6.08. The molecule has 0 saturated carbocycles. The van der Waals surface area contributed by atoms with Gasteiger partial charge in [-0.2, -0.15) is 0 Å². The molecule has 2 unspecified atom stereocenters. The van der Waals surface area contributed by atoms with E-state index in [9.17, 15) is 14.4 Å². The Morgan fingerprint density at radius 1 is 1.19 bits per heavy atom. The third-order valence-electron chi connectivity index (χ3n) is 4.49. The highest BCUT2D eigenvalue weighted by Crippen LogP contribution is 2.26. The van der Waals surface area contributed by atoms with E-state index in [1.165, 1.54) is 0 Å². The number of benzene rings is 1. The SMILES string of the molecule is CC(NC(=O)C1CCCN1C(=O)C(C)(C)C)c1ccc(NC(N)=O)cc1. The number of likely N-dealkylation sites (tertiary alicyclic amines) is 1. The molecule has 26 heavy (non-hydrogen) atoms. The second-order valence-electron chi connectivity index (χ2n) is 7.75. The number of nitrogens with zero attached hydrogens (tertiary/aromatic N) is 1. The molecule has 4 amide bonds. The van der Waals surface area contributed by atoms with E-state index in [1.54, 1.807) is 17.0 Å². The molecule has 7 heteroatoms. The van der Waals surface area contributed by atoms with E-state index in [0.717, 1.165) is 12.0 Å². The minimum absolute atomic E-state index is 0.00434. The number of hydrogen-bond acceptors (Lipinski definition) is 3. The van der Waals surface area contributed by atoms with Crippen LogP contribution in [0.1, 0.15) is 52.1 Å². The first-order valence-corrected chi connectivity index (χ1v) is 8.87. The number of nitrogens with one attached hydrogen (secondary N) is 2. The number of carbonyl (C=O) groups excluding carboxylic acids is 3. The summed E-state index contributed by atoms with van der Waals surface area (Å²) in [6.45, 7) is 8.11. The summed E-state index contributed by atoms with van der Waals surface area (Å²) in [7, 11) is 0. The highest BCUT2D eigenvalue weighted by Gasteiger charge is 2.38. The smallest absolute Gasteiger partial charge is 0.316 e. The van der Waals surface area contributed by atoms with Gasteiger partial charge < -0.3 is 21.3 Å². The Morgan fingerprint density at radius 2 is 1.81 bits per heavy atom. The summed E-state index contributed by atoms with van der Waals surface area (Å²) >= 11 is 0.